The van der Waals surface area contributed by atoms with Gasteiger partial charge >= 0.3 is 0 Å². The van der Waals surface area contributed by atoms with Gasteiger partial charge in [-0.25, -0.2) is 0 Å². The second-order valence-electron chi connectivity index (χ2n) is 4.16. The number of benzene rings is 1. The van der Waals surface area contributed by atoms with E-state index < -0.39 is 0 Å². The number of nitrogens with one attached hydrogen (secondary N) is 1. The molecule has 0 spiro atoms. The highest BCUT2D eigenvalue weighted by Crippen LogP contribution is 2.23. The molecule has 0 unspecified atom stereocenters. The van der Waals surface area contributed by atoms with Gasteiger partial charge in [-0.1, -0.05) is 0 Å². The van der Waals surface area contributed by atoms with E-state index in [0.29, 0.717) is 24.5 Å². The van der Waals surface area contributed by atoms with Crippen molar-refractivity contribution in [2.75, 3.05) is 42.4 Å². The van der Waals surface area contributed by atoms with Gasteiger partial charge < -0.3 is 15.0 Å². The fourth-order valence-corrected chi connectivity index (χ4v) is 2.01. The predicted molar refractivity (Wildman–Crippen MR) is 73.5 cm³/mol. The number of hydrogen-bond donors (Lipinski definition) is 1. The normalized spacial score (nSPS) is 14.8. The minimum Gasteiger partial charge on any atom is -0.378 e. The van der Waals surface area contributed by atoms with E-state index >= 15 is 0 Å². The van der Waals surface area contributed by atoms with Gasteiger partial charge in [0.05, 0.1) is 24.8 Å². The first-order valence-electron chi connectivity index (χ1n) is 5.96. The summed E-state index contributed by atoms with van der Waals surface area (Å²) in [5, 5.41) is 11.7. The summed E-state index contributed by atoms with van der Waals surface area (Å²) in [6, 6.07) is 7.38. The zero-order valence-corrected chi connectivity index (χ0v) is 11.1. The van der Waals surface area contributed by atoms with Gasteiger partial charge in [0.15, 0.2) is 0 Å². The molecule has 0 saturated carbocycles. The summed E-state index contributed by atoms with van der Waals surface area (Å²) in [4.78, 5) is 13.4. The highest BCUT2D eigenvalue weighted by molar-refractivity contribution is 6.29. The van der Waals surface area contributed by atoms with Gasteiger partial charge in [-0.15, -0.1) is 11.6 Å². The van der Waals surface area contributed by atoms with Crippen LogP contribution in [0.5, 0.6) is 0 Å². The summed E-state index contributed by atoms with van der Waals surface area (Å²) in [6.07, 6.45) is 0. The van der Waals surface area contributed by atoms with Crippen LogP contribution in [0.1, 0.15) is 5.56 Å². The number of nitrogens with zero attached hydrogens (tertiary/aromatic N) is 2. The fourth-order valence-electron chi connectivity index (χ4n) is 1.95. The Hall–Kier alpha value is -1.77. The first-order chi connectivity index (χ1) is 9.22. The first kappa shape index (κ1) is 13.7. The number of amides is 1. The molecule has 1 aliphatic rings. The molecule has 0 aliphatic carbocycles. The number of hydrogen-bond acceptors (Lipinski definition) is 4. The standard InChI is InChI=1S/C13H14ClN3O2/c14-8-13(18)16-11-5-10(9-15)6-12(7-11)17-1-3-19-4-2-17/h5-7H,1-4,8H2,(H,16,18). The summed E-state index contributed by atoms with van der Waals surface area (Å²) in [6.45, 7) is 2.88. The van der Waals surface area contributed by atoms with Crippen LogP contribution in [0, 0.1) is 11.3 Å². The molecule has 0 bridgehead atoms. The third kappa shape index (κ3) is 3.60. The van der Waals surface area contributed by atoms with Crippen LogP contribution >= 0.6 is 11.6 Å². The van der Waals surface area contributed by atoms with E-state index in [1.807, 2.05) is 12.1 Å². The van der Waals surface area contributed by atoms with Crippen molar-refractivity contribution in [1.29, 1.82) is 5.26 Å². The lowest BCUT2D eigenvalue weighted by Crippen LogP contribution is -2.36. The molecule has 19 heavy (non-hydrogen) atoms. The summed E-state index contributed by atoms with van der Waals surface area (Å²) in [7, 11) is 0. The quantitative estimate of drug-likeness (QED) is 0.853. The summed E-state index contributed by atoms with van der Waals surface area (Å²) in [5.74, 6) is -0.395. The van der Waals surface area contributed by atoms with Gasteiger partial charge in [0.25, 0.3) is 0 Å². The van der Waals surface area contributed by atoms with Crippen LogP contribution in [0.15, 0.2) is 18.2 Å². The number of ether oxygens (including phenoxy) is 1. The smallest absolute Gasteiger partial charge is 0.239 e. The van der Waals surface area contributed by atoms with E-state index in [1.54, 1.807) is 6.07 Å². The SMILES string of the molecule is N#Cc1cc(NC(=O)CCl)cc(N2CCOCC2)c1. The van der Waals surface area contributed by atoms with Gasteiger partial charge in [0, 0.05) is 24.5 Å². The number of alkyl halides is 1. The molecule has 1 heterocycles. The molecular formula is C13H14ClN3O2. The van der Waals surface area contributed by atoms with Gasteiger partial charge in [-0.05, 0) is 18.2 Å². The number of halogens is 1. The molecule has 0 aromatic heterocycles. The van der Waals surface area contributed by atoms with E-state index in [4.69, 9.17) is 21.6 Å². The van der Waals surface area contributed by atoms with Crippen molar-refractivity contribution in [3.8, 4) is 6.07 Å². The Bertz CT molecular complexity index is 507. The zero-order valence-electron chi connectivity index (χ0n) is 10.4. The average molecular weight is 280 g/mol. The lowest BCUT2D eigenvalue weighted by Gasteiger charge is -2.29. The molecule has 0 atom stereocenters. The molecule has 1 aromatic rings. The molecule has 5 nitrogen and oxygen atoms in total. The van der Waals surface area contributed by atoms with Crippen LogP contribution < -0.4 is 10.2 Å². The molecule has 1 N–H and O–H groups in total. The first-order valence-corrected chi connectivity index (χ1v) is 6.50. The molecule has 1 saturated heterocycles. The van der Waals surface area contributed by atoms with Crippen molar-refractivity contribution in [2.45, 2.75) is 0 Å². The summed E-state index contributed by atoms with van der Waals surface area (Å²) in [5.41, 5.74) is 2.01. The molecule has 1 amide bonds. The lowest BCUT2D eigenvalue weighted by molar-refractivity contribution is -0.113. The number of carbonyl (C=O) groups excluding carboxylic acids is 1. The van der Waals surface area contributed by atoms with Gasteiger partial charge in [-0.2, -0.15) is 5.26 Å². The van der Waals surface area contributed by atoms with Crippen molar-refractivity contribution in [3.05, 3.63) is 23.8 Å². The van der Waals surface area contributed by atoms with Crippen molar-refractivity contribution < 1.29 is 9.53 Å². The summed E-state index contributed by atoms with van der Waals surface area (Å²) >= 11 is 5.46. The number of carbonyl (C=O) groups is 1. The Morgan fingerprint density at radius 1 is 1.42 bits per heavy atom. The number of anilines is 2. The fraction of sp³-hybridized carbons (Fsp3) is 0.385. The number of rotatable bonds is 3. The van der Waals surface area contributed by atoms with Crippen LogP contribution in [0.3, 0.4) is 0 Å². The Morgan fingerprint density at radius 2 is 2.16 bits per heavy atom. The van der Waals surface area contributed by atoms with Crippen LogP contribution in [-0.2, 0) is 9.53 Å². The molecule has 0 radical (unpaired) electrons. The Labute approximate surface area is 116 Å². The maximum absolute atomic E-state index is 11.3. The monoisotopic (exact) mass is 279 g/mol. The Balaban J connectivity index is 2.25. The lowest BCUT2D eigenvalue weighted by atomic mass is 10.1. The Kier molecular flexibility index (Phi) is 4.61. The number of nitriles is 1. The Morgan fingerprint density at radius 3 is 2.79 bits per heavy atom. The van der Waals surface area contributed by atoms with Crippen molar-refractivity contribution in [3.63, 3.8) is 0 Å². The van der Waals surface area contributed by atoms with E-state index in [2.05, 4.69) is 16.3 Å². The van der Waals surface area contributed by atoms with E-state index in [-0.39, 0.29) is 11.8 Å². The topological polar surface area (TPSA) is 65.4 Å². The van der Waals surface area contributed by atoms with Crippen molar-refractivity contribution in [2.24, 2.45) is 0 Å². The van der Waals surface area contributed by atoms with E-state index in [9.17, 15) is 4.79 Å². The summed E-state index contributed by atoms with van der Waals surface area (Å²) < 4.78 is 5.30. The largest absolute Gasteiger partial charge is 0.378 e. The molecule has 1 aliphatic heterocycles. The van der Waals surface area contributed by atoms with Gasteiger partial charge in [0.2, 0.25) is 5.91 Å². The highest BCUT2D eigenvalue weighted by atomic mass is 35.5. The average Bonchev–Trinajstić information content (AvgIpc) is 2.47. The predicted octanol–water partition coefficient (Wildman–Crippen LogP) is 1.57. The van der Waals surface area contributed by atoms with Gasteiger partial charge in [-0.3, -0.25) is 4.79 Å². The highest BCUT2D eigenvalue weighted by Gasteiger charge is 2.13. The van der Waals surface area contributed by atoms with Crippen LogP contribution in [0.2, 0.25) is 0 Å². The van der Waals surface area contributed by atoms with Crippen molar-refractivity contribution >= 4 is 28.9 Å². The van der Waals surface area contributed by atoms with Crippen LogP contribution in [0.25, 0.3) is 0 Å². The molecule has 100 valence electrons. The molecule has 6 heteroatoms. The third-order valence-electron chi connectivity index (χ3n) is 2.83. The maximum atomic E-state index is 11.3. The minimum absolute atomic E-state index is 0.107. The molecular weight excluding hydrogens is 266 g/mol. The third-order valence-corrected chi connectivity index (χ3v) is 3.07. The number of morpholine rings is 1. The van der Waals surface area contributed by atoms with Crippen LogP contribution in [-0.4, -0.2) is 38.1 Å². The van der Waals surface area contributed by atoms with Crippen LogP contribution in [0.4, 0.5) is 11.4 Å². The van der Waals surface area contributed by atoms with E-state index in [0.717, 1.165) is 18.8 Å². The zero-order chi connectivity index (χ0) is 13.7. The molecule has 1 fully saturated rings. The van der Waals surface area contributed by atoms with Crippen molar-refractivity contribution in [1.82, 2.24) is 0 Å². The second kappa shape index (κ2) is 6.41. The second-order valence-corrected chi connectivity index (χ2v) is 4.43. The maximum Gasteiger partial charge on any atom is 0.239 e. The molecule has 1 aromatic carbocycles. The molecule has 2 rings (SSSR count). The minimum atomic E-state index is -0.287. The van der Waals surface area contributed by atoms with E-state index in [1.165, 1.54) is 0 Å². The van der Waals surface area contributed by atoms with Gasteiger partial charge in [0.1, 0.15) is 5.88 Å².